The summed E-state index contributed by atoms with van der Waals surface area (Å²) in [6, 6.07) is 7.60. The fourth-order valence-corrected chi connectivity index (χ4v) is 2.74. The lowest BCUT2D eigenvalue weighted by Crippen LogP contribution is -2.06. The molecule has 0 bridgehead atoms. The van der Waals surface area contributed by atoms with E-state index in [4.69, 9.17) is 0 Å². The highest BCUT2D eigenvalue weighted by molar-refractivity contribution is 5.97. The zero-order chi connectivity index (χ0) is 16.4. The van der Waals surface area contributed by atoms with Crippen LogP contribution in [0.15, 0.2) is 30.5 Å². The molecule has 1 aliphatic rings. The molecule has 1 aromatic carbocycles. The maximum absolute atomic E-state index is 12.0. The number of aromatic nitrogens is 6. The number of carbonyl (C=O) groups is 1. The quantitative estimate of drug-likeness (QED) is 0.712. The van der Waals surface area contributed by atoms with E-state index in [1.54, 1.807) is 6.20 Å². The molecule has 0 aliphatic heterocycles. The number of ketones is 1. The standard InChI is InChI=1S/C16H15N7O/c24-14-4-2-1-3-13-12(14)9-17-16(19-13)18-11-7-5-10(6-8-11)15-20-22-23-21-15/h5-9H,1-4H2,(H,17,18,19)(H,20,21,22,23). The molecule has 2 N–H and O–H groups in total. The predicted molar refractivity (Wildman–Crippen MR) is 86.8 cm³/mol. The van der Waals surface area contributed by atoms with Gasteiger partial charge < -0.3 is 5.32 Å². The third-order valence-corrected chi connectivity index (χ3v) is 4.00. The number of anilines is 2. The van der Waals surface area contributed by atoms with E-state index in [9.17, 15) is 4.79 Å². The molecular formula is C16H15N7O. The third kappa shape index (κ3) is 2.85. The normalized spacial score (nSPS) is 14.1. The molecule has 2 heterocycles. The number of hydrogen-bond acceptors (Lipinski definition) is 7. The number of aryl methyl sites for hydroxylation is 1. The van der Waals surface area contributed by atoms with Crippen LogP contribution in [0.25, 0.3) is 11.4 Å². The summed E-state index contributed by atoms with van der Waals surface area (Å²) in [5.41, 5.74) is 3.23. The van der Waals surface area contributed by atoms with Gasteiger partial charge in [0.25, 0.3) is 0 Å². The number of carbonyl (C=O) groups excluding carboxylic acids is 1. The summed E-state index contributed by atoms with van der Waals surface area (Å²) in [7, 11) is 0. The highest BCUT2D eigenvalue weighted by Gasteiger charge is 2.17. The van der Waals surface area contributed by atoms with Gasteiger partial charge in [-0.25, -0.2) is 15.1 Å². The van der Waals surface area contributed by atoms with Crippen LogP contribution in [0.4, 0.5) is 11.6 Å². The topological polar surface area (TPSA) is 109 Å². The van der Waals surface area contributed by atoms with E-state index in [-0.39, 0.29) is 5.78 Å². The molecule has 1 aliphatic carbocycles. The van der Waals surface area contributed by atoms with Crippen LogP contribution in [0, 0.1) is 0 Å². The lowest BCUT2D eigenvalue weighted by atomic mass is 10.1. The fourth-order valence-electron chi connectivity index (χ4n) is 2.74. The number of Topliss-reactive ketones (excluding diaryl/α,β-unsaturated/α-hetero) is 1. The van der Waals surface area contributed by atoms with Gasteiger partial charge in [0.1, 0.15) is 0 Å². The van der Waals surface area contributed by atoms with Gasteiger partial charge in [0.2, 0.25) is 5.95 Å². The van der Waals surface area contributed by atoms with Gasteiger partial charge in [0.05, 0.1) is 11.3 Å². The van der Waals surface area contributed by atoms with Gasteiger partial charge in [-0.15, -0.1) is 5.10 Å². The third-order valence-electron chi connectivity index (χ3n) is 4.00. The molecule has 0 fully saturated rings. The van der Waals surface area contributed by atoms with E-state index in [0.717, 1.165) is 36.2 Å². The number of rotatable bonds is 3. The van der Waals surface area contributed by atoms with Crippen molar-refractivity contribution >= 4 is 17.4 Å². The van der Waals surface area contributed by atoms with Crippen molar-refractivity contribution < 1.29 is 4.79 Å². The Kier molecular flexibility index (Phi) is 3.70. The second kappa shape index (κ2) is 6.15. The van der Waals surface area contributed by atoms with Crippen molar-refractivity contribution in [2.45, 2.75) is 25.7 Å². The van der Waals surface area contributed by atoms with Crippen LogP contribution in [-0.2, 0) is 6.42 Å². The minimum atomic E-state index is 0.138. The average molecular weight is 321 g/mol. The van der Waals surface area contributed by atoms with E-state index >= 15 is 0 Å². The largest absolute Gasteiger partial charge is 0.324 e. The van der Waals surface area contributed by atoms with Crippen LogP contribution in [0.3, 0.4) is 0 Å². The monoisotopic (exact) mass is 321 g/mol. The molecule has 0 amide bonds. The number of benzene rings is 1. The number of hydrogen-bond donors (Lipinski definition) is 2. The number of nitrogens with one attached hydrogen (secondary N) is 2. The van der Waals surface area contributed by atoms with Crippen LogP contribution in [0.2, 0.25) is 0 Å². The first-order valence-electron chi connectivity index (χ1n) is 7.80. The van der Waals surface area contributed by atoms with E-state index in [1.807, 2.05) is 24.3 Å². The van der Waals surface area contributed by atoms with Crippen molar-refractivity contribution in [3.05, 3.63) is 41.7 Å². The van der Waals surface area contributed by atoms with Gasteiger partial charge in [-0.2, -0.15) is 0 Å². The molecule has 8 nitrogen and oxygen atoms in total. The number of aromatic amines is 1. The van der Waals surface area contributed by atoms with Gasteiger partial charge in [-0.1, -0.05) is 0 Å². The second-order valence-electron chi connectivity index (χ2n) is 5.64. The summed E-state index contributed by atoms with van der Waals surface area (Å²) >= 11 is 0. The Labute approximate surface area is 137 Å². The molecule has 120 valence electrons. The SMILES string of the molecule is O=C1CCCCc2nc(Nc3ccc(-c4nnn[nH]4)cc3)ncc21. The molecular weight excluding hydrogens is 306 g/mol. The van der Waals surface area contributed by atoms with Crippen LogP contribution in [0.5, 0.6) is 0 Å². The summed E-state index contributed by atoms with van der Waals surface area (Å²) in [6.07, 6.45) is 4.93. The maximum atomic E-state index is 12.0. The molecule has 0 atom stereocenters. The lowest BCUT2D eigenvalue weighted by Gasteiger charge is -2.08. The van der Waals surface area contributed by atoms with Crippen molar-refractivity contribution in [3.63, 3.8) is 0 Å². The first kappa shape index (κ1) is 14.4. The molecule has 4 rings (SSSR count). The highest BCUT2D eigenvalue weighted by atomic mass is 16.1. The van der Waals surface area contributed by atoms with E-state index in [2.05, 4.69) is 35.9 Å². The number of fused-ring (bicyclic) bond motifs is 1. The van der Waals surface area contributed by atoms with Crippen molar-refractivity contribution in [3.8, 4) is 11.4 Å². The summed E-state index contributed by atoms with van der Waals surface area (Å²) in [4.78, 5) is 20.8. The molecule has 0 radical (unpaired) electrons. The summed E-state index contributed by atoms with van der Waals surface area (Å²) in [6.45, 7) is 0. The Hall–Kier alpha value is -3.16. The Morgan fingerprint density at radius 2 is 1.92 bits per heavy atom. The van der Waals surface area contributed by atoms with Crippen LogP contribution < -0.4 is 5.32 Å². The minimum Gasteiger partial charge on any atom is -0.324 e. The lowest BCUT2D eigenvalue weighted by molar-refractivity contribution is 0.0981. The zero-order valence-electron chi connectivity index (χ0n) is 12.9. The van der Waals surface area contributed by atoms with Crippen LogP contribution >= 0.6 is 0 Å². The number of H-pyrrole nitrogens is 1. The predicted octanol–water partition coefficient (Wildman–Crippen LogP) is 2.31. The van der Waals surface area contributed by atoms with Gasteiger partial charge in [0.15, 0.2) is 11.6 Å². The Morgan fingerprint density at radius 1 is 1.08 bits per heavy atom. The van der Waals surface area contributed by atoms with Crippen molar-refractivity contribution in [1.29, 1.82) is 0 Å². The average Bonchev–Trinajstić information content (AvgIpc) is 3.08. The van der Waals surface area contributed by atoms with Crippen LogP contribution in [-0.4, -0.2) is 36.4 Å². The zero-order valence-corrected chi connectivity index (χ0v) is 12.9. The van der Waals surface area contributed by atoms with E-state index in [1.165, 1.54) is 0 Å². The molecule has 0 saturated carbocycles. The molecule has 2 aromatic heterocycles. The molecule has 0 unspecified atom stereocenters. The summed E-state index contributed by atoms with van der Waals surface area (Å²) in [5.74, 6) is 1.25. The maximum Gasteiger partial charge on any atom is 0.227 e. The Bertz CT molecular complexity index is 859. The highest BCUT2D eigenvalue weighted by Crippen LogP contribution is 2.22. The van der Waals surface area contributed by atoms with E-state index in [0.29, 0.717) is 23.8 Å². The first-order valence-corrected chi connectivity index (χ1v) is 7.80. The number of nitrogens with zero attached hydrogens (tertiary/aromatic N) is 5. The Morgan fingerprint density at radius 3 is 2.71 bits per heavy atom. The van der Waals surface area contributed by atoms with E-state index < -0.39 is 0 Å². The molecule has 0 saturated heterocycles. The fraction of sp³-hybridized carbons (Fsp3) is 0.250. The minimum absolute atomic E-state index is 0.138. The van der Waals surface area contributed by atoms with Crippen molar-refractivity contribution in [1.82, 2.24) is 30.6 Å². The Balaban J connectivity index is 1.55. The summed E-state index contributed by atoms with van der Waals surface area (Å²) in [5, 5.41) is 16.9. The molecule has 24 heavy (non-hydrogen) atoms. The van der Waals surface area contributed by atoms with Gasteiger partial charge >= 0.3 is 0 Å². The molecule has 0 spiro atoms. The summed E-state index contributed by atoms with van der Waals surface area (Å²) < 4.78 is 0. The van der Waals surface area contributed by atoms with Gasteiger partial charge in [-0.05, 0) is 54.0 Å². The van der Waals surface area contributed by atoms with Gasteiger partial charge in [-0.3, -0.25) is 4.79 Å². The molecule has 8 heteroatoms. The van der Waals surface area contributed by atoms with Crippen LogP contribution in [0.1, 0.15) is 35.3 Å². The second-order valence-corrected chi connectivity index (χ2v) is 5.64. The first-order chi connectivity index (χ1) is 11.8. The van der Waals surface area contributed by atoms with Gasteiger partial charge in [0, 0.05) is 23.9 Å². The number of tetrazole rings is 1. The molecule has 3 aromatic rings. The van der Waals surface area contributed by atoms with Crippen molar-refractivity contribution in [2.24, 2.45) is 0 Å². The smallest absolute Gasteiger partial charge is 0.227 e. The van der Waals surface area contributed by atoms with Crippen molar-refractivity contribution in [2.75, 3.05) is 5.32 Å².